The fourth-order valence-corrected chi connectivity index (χ4v) is 1.95. The third-order valence-electron chi connectivity index (χ3n) is 2.90. The van der Waals surface area contributed by atoms with Gasteiger partial charge in [-0.15, -0.1) is 0 Å². The van der Waals surface area contributed by atoms with Crippen LogP contribution in [0.3, 0.4) is 0 Å². The van der Waals surface area contributed by atoms with Gasteiger partial charge in [-0.3, -0.25) is 4.79 Å². The van der Waals surface area contributed by atoms with Crippen LogP contribution >= 0.6 is 0 Å². The summed E-state index contributed by atoms with van der Waals surface area (Å²) >= 11 is 0. The van der Waals surface area contributed by atoms with E-state index < -0.39 is 30.8 Å². The van der Waals surface area contributed by atoms with Crippen molar-refractivity contribution in [3.63, 3.8) is 0 Å². The van der Waals surface area contributed by atoms with Gasteiger partial charge < -0.3 is 15.4 Å². The summed E-state index contributed by atoms with van der Waals surface area (Å²) in [4.78, 5) is 12.8. The number of rotatable bonds is 4. The highest BCUT2D eigenvalue weighted by atomic mass is 19.4. The molecule has 1 rings (SSSR count). The van der Waals surface area contributed by atoms with E-state index in [1.807, 2.05) is 0 Å². The number of ether oxygens (including phenoxy) is 1. The molecule has 0 aliphatic carbocycles. The Labute approximate surface area is 104 Å². The molecule has 0 aromatic heterocycles. The third kappa shape index (κ3) is 4.13. The molecule has 0 aromatic carbocycles. The number of carbonyl (C=O) groups is 1. The number of hydrogen-bond acceptors (Lipinski definition) is 3. The van der Waals surface area contributed by atoms with Crippen molar-refractivity contribution in [2.24, 2.45) is 5.73 Å². The smallest absolute Gasteiger partial charge is 0.364 e. The van der Waals surface area contributed by atoms with Crippen LogP contribution in [0.15, 0.2) is 0 Å². The minimum atomic E-state index is -4.40. The standard InChI is InChI=1S/C11H19F3N2O2/c1-7(2)16(6-11(12,13)14)10(17)9-4-3-8(5-15)18-9/h7-9H,3-6,15H2,1-2H3. The molecule has 1 aliphatic heterocycles. The van der Waals surface area contributed by atoms with Crippen molar-refractivity contribution in [2.75, 3.05) is 13.1 Å². The molecule has 18 heavy (non-hydrogen) atoms. The van der Waals surface area contributed by atoms with Crippen molar-refractivity contribution in [1.29, 1.82) is 0 Å². The molecule has 106 valence electrons. The zero-order valence-corrected chi connectivity index (χ0v) is 10.5. The molecule has 0 spiro atoms. The molecule has 1 aliphatic rings. The van der Waals surface area contributed by atoms with Gasteiger partial charge in [-0.25, -0.2) is 0 Å². The molecule has 0 bridgehead atoms. The Morgan fingerprint density at radius 3 is 2.44 bits per heavy atom. The first-order valence-corrected chi connectivity index (χ1v) is 5.97. The van der Waals surface area contributed by atoms with E-state index in [1.165, 1.54) is 0 Å². The van der Waals surface area contributed by atoms with Crippen LogP contribution in [0.4, 0.5) is 13.2 Å². The highest BCUT2D eigenvalue weighted by molar-refractivity contribution is 5.81. The van der Waals surface area contributed by atoms with Crippen molar-refractivity contribution in [3.05, 3.63) is 0 Å². The average Bonchev–Trinajstić information content (AvgIpc) is 2.71. The molecule has 1 saturated heterocycles. The Morgan fingerprint density at radius 1 is 1.44 bits per heavy atom. The molecule has 2 N–H and O–H groups in total. The van der Waals surface area contributed by atoms with Crippen LogP contribution in [0.1, 0.15) is 26.7 Å². The highest BCUT2D eigenvalue weighted by Gasteiger charge is 2.39. The lowest BCUT2D eigenvalue weighted by atomic mass is 10.1. The van der Waals surface area contributed by atoms with Crippen LogP contribution in [0.2, 0.25) is 0 Å². The second kappa shape index (κ2) is 5.88. The van der Waals surface area contributed by atoms with Gasteiger partial charge in [-0.2, -0.15) is 13.2 Å². The molecule has 1 amide bonds. The molecule has 2 atom stereocenters. The molecule has 0 saturated carbocycles. The van der Waals surface area contributed by atoms with E-state index in [-0.39, 0.29) is 12.6 Å². The van der Waals surface area contributed by atoms with Crippen molar-refractivity contribution in [3.8, 4) is 0 Å². The molecule has 2 unspecified atom stereocenters. The summed E-state index contributed by atoms with van der Waals surface area (Å²) in [6, 6.07) is -0.514. The van der Waals surface area contributed by atoms with Crippen molar-refractivity contribution >= 4 is 5.91 Å². The van der Waals surface area contributed by atoms with Crippen LogP contribution in [-0.2, 0) is 9.53 Å². The maximum Gasteiger partial charge on any atom is 0.406 e. The monoisotopic (exact) mass is 268 g/mol. The molecule has 4 nitrogen and oxygen atoms in total. The summed E-state index contributed by atoms with van der Waals surface area (Å²) in [5.74, 6) is -0.599. The SMILES string of the molecule is CC(C)N(CC(F)(F)F)C(=O)C1CCC(CN)O1. The average molecular weight is 268 g/mol. The maximum atomic E-state index is 12.4. The van der Waals surface area contributed by atoms with E-state index in [2.05, 4.69) is 0 Å². The fourth-order valence-electron chi connectivity index (χ4n) is 1.95. The lowest BCUT2D eigenvalue weighted by Crippen LogP contribution is -2.48. The molecule has 7 heteroatoms. The van der Waals surface area contributed by atoms with Gasteiger partial charge in [0.05, 0.1) is 6.10 Å². The number of halogens is 3. The highest BCUT2D eigenvalue weighted by Crippen LogP contribution is 2.24. The van der Waals surface area contributed by atoms with Crippen LogP contribution in [0.5, 0.6) is 0 Å². The fraction of sp³-hybridized carbons (Fsp3) is 0.909. The summed E-state index contributed by atoms with van der Waals surface area (Å²) in [6.07, 6.45) is -4.36. The number of alkyl halides is 3. The second-order valence-electron chi connectivity index (χ2n) is 4.73. The lowest BCUT2D eigenvalue weighted by Gasteiger charge is -2.30. The molecular weight excluding hydrogens is 249 g/mol. The largest absolute Gasteiger partial charge is 0.406 e. The Hall–Kier alpha value is -0.820. The van der Waals surface area contributed by atoms with Crippen molar-refractivity contribution < 1.29 is 22.7 Å². The molecule has 1 fully saturated rings. The minimum absolute atomic E-state index is 0.223. The van der Waals surface area contributed by atoms with Crippen LogP contribution in [0, 0.1) is 0 Å². The van der Waals surface area contributed by atoms with E-state index in [0.717, 1.165) is 4.90 Å². The van der Waals surface area contributed by atoms with Gasteiger partial charge in [-0.1, -0.05) is 0 Å². The van der Waals surface area contributed by atoms with Crippen LogP contribution < -0.4 is 5.73 Å². The first kappa shape index (κ1) is 15.2. The van der Waals surface area contributed by atoms with Gasteiger partial charge in [0.15, 0.2) is 0 Å². The van der Waals surface area contributed by atoms with E-state index in [1.54, 1.807) is 13.8 Å². The molecule has 0 aromatic rings. The number of amides is 1. The first-order chi connectivity index (χ1) is 8.24. The van der Waals surface area contributed by atoms with E-state index >= 15 is 0 Å². The van der Waals surface area contributed by atoms with Crippen LogP contribution in [-0.4, -0.2) is 48.3 Å². The number of carbonyl (C=O) groups excluding carboxylic acids is 1. The summed E-state index contributed by atoms with van der Waals surface area (Å²) in [6.45, 7) is 2.15. The lowest BCUT2D eigenvalue weighted by molar-refractivity contribution is -0.171. The normalized spacial score (nSPS) is 24.6. The van der Waals surface area contributed by atoms with E-state index in [9.17, 15) is 18.0 Å². The maximum absolute atomic E-state index is 12.4. The summed E-state index contributed by atoms with van der Waals surface area (Å²) in [7, 11) is 0. The summed E-state index contributed by atoms with van der Waals surface area (Å²) in [5.41, 5.74) is 5.40. The Morgan fingerprint density at radius 2 is 2.06 bits per heavy atom. The Balaban J connectivity index is 2.66. The number of hydrogen-bond donors (Lipinski definition) is 1. The second-order valence-corrected chi connectivity index (χ2v) is 4.73. The Kier molecular flexibility index (Phi) is 4.98. The summed E-state index contributed by atoms with van der Waals surface area (Å²) < 4.78 is 42.5. The molecule has 1 heterocycles. The predicted molar refractivity (Wildman–Crippen MR) is 59.9 cm³/mol. The third-order valence-corrected chi connectivity index (χ3v) is 2.90. The van der Waals surface area contributed by atoms with E-state index in [0.29, 0.717) is 12.8 Å². The number of nitrogens with zero attached hydrogens (tertiary/aromatic N) is 1. The first-order valence-electron chi connectivity index (χ1n) is 5.97. The topological polar surface area (TPSA) is 55.6 Å². The quantitative estimate of drug-likeness (QED) is 0.836. The van der Waals surface area contributed by atoms with Gasteiger partial charge >= 0.3 is 6.18 Å². The van der Waals surface area contributed by atoms with Crippen molar-refractivity contribution in [2.45, 2.75) is 51.1 Å². The van der Waals surface area contributed by atoms with Gasteiger partial charge in [0.1, 0.15) is 12.6 Å². The number of nitrogens with two attached hydrogens (primary N) is 1. The van der Waals surface area contributed by atoms with E-state index in [4.69, 9.17) is 10.5 Å². The zero-order valence-electron chi connectivity index (χ0n) is 10.5. The van der Waals surface area contributed by atoms with Crippen molar-refractivity contribution in [1.82, 2.24) is 4.90 Å². The van der Waals surface area contributed by atoms with Crippen LogP contribution in [0.25, 0.3) is 0 Å². The summed E-state index contributed by atoms with van der Waals surface area (Å²) in [5, 5.41) is 0. The van der Waals surface area contributed by atoms with Gasteiger partial charge in [0.2, 0.25) is 0 Å². The van der Waals surface area contributed by atoms with Gasteiger partial charge in [0, 0.05) is 12.6 Å². The zero-order chi connectivity index (χ0) is 13.9. The van der Waals surface area contributed by atoms with Gasteiger partial charge in [-0.05, 0) is 26.7 Å². The molecular formula is C11H19F3N2O2. The molecule has 0 radical (unpaired) electrons. The minimum Gasteiger partial charge on any atom is -0.364 e. The predicted octanol–water partition coefficient (Wildman–Crippen LogP) is 1.29. The Bertz CT molecular complexity index is 295. The van der Waals surface area contributed by atoms with Gasteiger partial charge in [0.25, 0.3) is 5.91 Å².